The molecule has 35 heavy (non-hydrogen) atoms. The average Bonchev–Trinajstić information content (AvgIpc) is 3.16. The summed E-state index contributed by atoms with van der Waals surface area (Å²) in [4.78, 5) is 4.74. The number of anilines is 1. The summed E-state index contributed by atoms with van der Waals surface area (Å²) in [5.41, 5.74) is 8.24. The molecule has 0 aliphatic heterocycles. The molecule has 1 aliphatic carbocycles. The summed E-state index contributed by atoms with van der Waals surface area (Å²) in [6.07, 6.45) is 5.90. The van der Waals surface area contributed by atoms with Crippen LogP contribution in [0, 0.1) is 6.92 Å². The molecule has 0 atom stereocenters. The molecular formula is C30H27F2N3. The lowest BCUT2D eigenvalue weighted by molar-refractivity contribution is 0.151. The molecule has 0 bridgehead atoms. The van der Waals surface area contributed by atoms with E-state index in [0.717, 1.165) is 56.5 Å². The molecular weight excluding hydrogens is 440 g/mol. The van der Waals surface area contributed by atoms with Gasteiger partial charge in [-0.3, -0.25) is 4.57 Å². The fourth-order valence-electron chi connectivity index (χ4n) is 5.04. The number of fused-ring (bicyclic) bond motifs is 3. The van der Waals surface area contributed by atoms with Crippen molar-refractivity contribution in [1.29, 1.82) is 0 Å². The molecule has 1 heterocycles. The second kappa shape index (κ2) is 9.34. The molecule has 0 spiro atoms. The fourth-order valence-corrected chi connectivity index (χ4v) is 5.04. The first kappa shape index (κ1) is 22.8. The van der Waals surface area contributed by atoms with Crippen molar-refractivity contribution in [2.24, 2.45) is 4.99 Å². The zero-order chi connectivity index (χ0) is 24.5. The number of benzene rings is 3. The third kappa shape index (κ3) is 3.97. The van der Waals surface area contributed by atoms with E-state index in [4.69, 9.17) is 4.99 Å². The molecule has 0 saturated carbocycles. The molecule has 0 radical (unpaired) electrons. The Hall–Kier alpha value is -3.99. The van der Waals surface area contributed by atoms with Gasteiger partial charge in [-0.05, 0) is 60.2 Å². The Labute approximate surface area is 204 Å². The number of aryl methyl sites for hydroxylation is 1. The lowest BCUT2D eigenvalue weighted by atomic mass is 9.80. The number of para-hydroxylation sites is 1. The minimum Gasteiger partial charge on any atom is -0.374 e. The van der Waals surface area contributed by atoms with Crippen LogP contribution in [0.25, 0.3) is 22.6 Å². The third-order valence-corrected chi connectivity index (χ3v) is 6.59. The van der Waals surface area contributed by atoms with Crippen LogP contribution in [0.4, 0.5) is 14.6 Å². The van der Waals surface area contributed by atoms with Crippen LogP contribution < -0.4 is 5.32 Å². The van der Waals surface area contributed by atoms with Gasteiger partial charge in [-0.1, -0.05) is 60.7 Å². The quantitative estimate of drug-likeness (QED) is 0.207. The molecule has 0 saturated heterocycles. The molecule has 3 aromatic carbocycles. The number of aliphatic imine (C=N–C) groups is 1. The van der Waals surface area contributed by atoms with E-state index in [1.165, 1.54) is 11.6 Å². The summed E-state index contributed by atoms with van der Waals surface area (Å²) in [6, 6.07) is 19.4. The van der Waals surface area contributed by atoms with Gasteiger partial charge in [0.1, 0.15) is 12.2 Å². The van der Waals surface area contributed by atoms with Gasteiger partial charge >= 0.3 is 0 Å². The molecule has 0 unspecified atom stereocenters. The third-order valence-electron chi connectivity index (χ3n) is 6.59. The lowest BCUT2D eigenvalue weighted by Gasteiger charge is -2.24. The number of halogens is 2. The molecule has 0 amide bonds. The molecule has 176 valence electrons. The van der Waals surface area contributed by atoms with E-state index in [2.05, 4.69) is 42.6 Å². The average molecular weight is 468 g/mol. The second-order valence-corrected chi connectivity index (χ2v) is 8.71. The van der Waals surface area contributed by atoms with E-state index >= 15 is 0 Å². The minimum absolute atomic E-state index is 0.0283. The SMILES string of the molecule is C/C=C\c1c(NC)n(C=N/C=C2/c3cc(C(F)F)ccc3Cc3cccc(C)c32)c2ccccc12. The lowest BCUT2D eigenvalue weighted by Crippen LogP contribution is -2.09. The zero-order valence-corrected chi connectivity index (χ0v) is 20.0. The summed E-state index contributed by atoms with van der Waals surface area (Å²) in [5.74, 6) is 0.937. The van der Waals surface area contributed by atoms with Gasteiger partial charge < -0.3 is 5.32 Å². The number of nitrogens with one attached hydrogen (secondary N) is 1. The van der Waals surface area contributed by atoms with Crippen molar-refractivity contribution in [3.8, 4) is 0 Å². The first-order valence-corrected chi connectivity index (χ1v) is 11.7. The Bertz CT molecular complexity index is 1510. The van der Waals surface area contributed by atoms with Gasteiger partial charge in [0.2, 0.25) is 0 Å². The van der Waals surface area contributed by atoms with Gasteiger partial charge in [-0.15, -0.1) is 0 Å². The highest BCUT2D eigenvalue weighted by atomic mass is 19.3. The van der Waals surface area contributed by atoms with Crippen LogP contribution in [0.1, 0.15) is 52.3 Å². The molecule has 0 fully saturated rings. The molecule has 1 aliphatic rings. The van der Waals surface area contributed by atoms with Crippen LogP contribution in [0.2, 0.25) is 0 Å². The first-order chi connectivity index (χ1) is 17.0. The molecule has 1 aromatic heterocycles. The number of alkyl halides is 2. The fraction of sp³-hybridized carbons (Fsp3) is 0.167. The van der Waals surface area contributed by atoms with Crippen molar-refractivity contribution in [3.05, 3.63) is 112 Å². The van der Waals surface area contributed by atoms with Crippen LogP contribution >= 0.6 is 0 Å². The summed E-state index contributed by atoms with van der Waals surface area (Å²) in [6.45, 7) is 4.05. The van der Waals surface area contributed by atoms with Crippen molar-refractivity contribution in [1.82, 2.24) is 4.57 Å². The van der Waals surface area contributed by atoms with Crippen LogP contribution in [0.5, 0.6) is 0 Å². The predicted molar refractivity (Wildman–Crippen MR) is 143 cm³/mol. The maximum Gasteiger partial charge on any atom is 0.263 e. The maximum absolute atomic E-state index is 13.5. The van der Waals surface area contributed by atoms with E-state index in [-0.39, 0.29) is 5.56 Å². The zero-order valence-electron chi connectivity index (χ0n) is 20.0. The topological polar surface area (TPSA) is 29.3 Å². The number of rotatable bonds is 5. The van der Waals surface area contributed by atoms with Crippen molar-refractivity contribution in [3.63, 3.8) is 0 Å². The number of allylic oxidation sites excluding steroid dienone is 1. The molecule has 5 rings (SSSR count). The highest BCUT2D eigenvalue weighted by Crippen LogP contribution is 2.39. The van der Waals surface area contributed by atoms with Crippen molar-refractivity contribution in [2.45, 2.75) is 26.7 Å². The van der Waals surface area contributed by atoms with Gasteiger partial charge in [0.15, 0.2) is 0 Å². The monoisotopic (exact) mass is 467 g/mol. The number of hydrogen-bond acceptors (Lipinski definition) is 2. The molecule has 4 aromatic rings. The standard InChI is InChI=1S/C30H27F2N3/c1-4-8-24-23-11-5-6-12-27(23)35(30(24)33-3)18-34-17-26-25-16-22(29(31)32)14-13-20(25)15-21-10-7-9-19(2)28(21)26/h4-14,16-18,29,33H,15H2,1-3H3/b8-4-,26-17-,34-18?. The van der Waals surface area contributed by atoms with Gasteiger partial charge in [0, 0.05) is 35.3 Å². The molecule has 1 N–H and O–H groups in total. The second-order valence-electron chi connectivity index (χ2n) is 8.71. The van der Waals surface area contributed by atoms with Crippen LogP contribution in [-0.2, 0) is 6.42 Å². The smallest absolute Gasteiger partial charge is 0.263 e. The van der Waals surface area contributed by atoms with Gasteiger partial charge in [0.05, 0.1) is 5.52 Å². The van der Waals surface area contributed by atoms with Crippen molar-refractivity contribution in [2.75, 3.05) is 12.4 Å². The first-order valence-electron chi connectivity index (χ1n) is 11.7. The van der Waals surface area contributed by atoms with Crippen LogP contribution in [-0.4, -0.2) is 18.0 Å². The summed E-state index contributed by atoms with van der Waals surface area (Å²) in [7, 11) is 1.90. The number of nitrogens with zero attached hydrogens (tertiary/aromatic N) is 2. The Morgan fingerprint density at radius 1 is 1.03 bits per heavy atom. The molecule has 5 heteroatoms. The highest BCUT2D eigenvalue weighted by molar-refractivity contribution is 6.00. The van der Waals surface area contributed by atoms with Crippen molar-refractivity contribution >= 4 is 34.7 Å². The number of aromatic nitrogens is 1. The Morgan fingerprint density at radius 3 is 2.63 bits per heavy atom. The normalized spacial score (nSPS) is 14.4. The summed E-state index contributed by atoms with van der Waals surface area (Å²) >= 11 is 0. The summed E-state index contributed by atoms with van der Waals surface area (Å²) < 4.78 is 29.1. The van der Waals surface area contributed by atoms with E-state index in [1.54, 1.807) is 12.4 Å². The van der Waals surface area contributed by atoms with E-state index < -0.39 is 6.43 Å². The Morgan fingerprint density at radius 2 is 1.86 bits per heavy atom. The largest absolute Gasteiger partial charge is 0.374 e. The van der Waals surface area contributed by atoms with Crippen molar-refractivity contribution < 1.29 is 8.78 Å². The van der Waals surface area contributed by atoms with Crippen LogP contribution in [0.15, 0.2) is 77.9 Å². The minimum atomic E-state index is -2.52. The van der Waals surface area contributed by atoms with E-state index in [9.17, 15) is 8.78 Å². The Kier molecular flexibility index (Phi) is 6.08. The molecule has 3 nitrogen and oxygen atoms in total. The van der Waals surface area contributed by atoms with E-state index in [0.29, 0.717) is 0 Å². The summed E-state index contributed by atoms with van der Waals surface area (Å²) in [5, 5.41) is 4.43. The highest BCUT2D eigenvalue weighted by Gasteiger charge is 2.23. The van der Waals surface area contributed by atoms with Gasteiger partial charge in [0.25, 0.3) is 6.43 Å². The predicted octanol–water partition coefficient (Wildman–Crippen LogP) is 7.83. The van der Waals surface area contributed by atoms with E-state index in [1.807, 2.05) is 55.1 Å². The van der Waals surface area contributed by atoms with Crippen LogP contribution in [0.3, 0.4) is 0 Å². The maximum atomic E-state index is 13.5. The van der Waals surface area contributed by atoms with Gasteiger partial charge in [-0.2, -0.15) is 0 Å². The Balaban J connectivity index is 1.68. The van der Waals surface area contributed by atoms with Gasteiger partial charge in [-0.25, -0.2) is 13.8 Å². The number of hydrogen-bond donors (Lipinski definition) is 1.